The van der Waals surface area contributed by atoms with Gasteiger partial charge >= 0.3 is 0 Å². The molecule has 1 aromatic rings. The maximum Gasteiger partial charge on any atom is 0.104 e. The molecule has 0 saturated heterocycles. The van der Waals surface area contributed by atoms with Gasteiger partial charge in [-0.1, -0.05) is 44.2 Å². The van der Waals surface area contributed by atoms with E-state index in [0.29, 0.717) is 6.54 Å². The second-order valence-corrected chi connectivity index (χ2v) is 5.90. The molecule has 17 heavy (non-hydrogen) atoms. The van der Waals surface area contributed by atoms with Crippen LogP contribution in [0.1, 0.15) is 50.0 Å². The SMILES string of the molecule is CCCCCCCOC(CN)c1ccc(Cl)s1. The first-order valence-electron chi connectivity index (χ1n) is 6.34. The van der Waals surface area contributed by atoms with Gasteiger partial charge in [-0.25, -0.2) is 0 Å². The maximum atomic E-state index is 5.90. The van der Waals surface area contributed by atoms with Crippen LogP contribution in [0, 0.1) is 0 Å². The Balaban J connectivity index is 2.19. The fraction of sp³-hybridized carbons (Fsp3) is 0.692. The van der Waals surface area contributed by atoms with Crippen molar-refractivity contribution in [3.05, 3.63) is 21.3 Å². The number of halogens is 1. The number of hydrogen-bond donors (Lipinski definition) is 1. The van der Waals surface area contributed by atoms with Crippen molar-refractivity contribution in [1.29, 1.82) is 0 Å². The minimum Gasteiger partial charge on any atom is -0.371 e. The Morgan fingerprint density at radius 3 is 2.65 bits per heavy atom. The third-order valence-electron chi connectivity index (χ3n) is 2.69. The van der Waals surface area contributed by atoms with E-state index >= 15 is 0 Å². The first-order chi connectivity index (χ1) is 8.27. The van der Waals surface area contributed by atoms with Crippen LogP contribution in [0.15, 0.2) is 12.1 Å². The normalized spacial score (nSPS) is 12.9. The van der Waals surface area contributed by atoms with E-state index in [1.807, 2.05) is 12.1 Å². The zero-order valence-corrected chi connectivity index (χ0v) is 12.0. The molecular formula is C13H22ClNOS. The predicted octanol–water partition coefficient (Wildman–Crippen LogP) is 4.39. The van der Waals surface area contributed by atoms with Gasteiger partial charge in [-0.05, 0) is 18.6 Å². The molecule has 0 bridgehead atoms. The monoisotopic (exact) mass is 275 g/mol. The molecule has 1 atom stereocenters. The zero-order valence-electron chi connectivity index (χ0n) is 10.5. The standard InChI is InChI=1S/C13H22ClNOS/c1-2-3-4-5-6-9-16-11(10-15)12-7-8-13(14)17-12/h7-8,11H,2-6,9-10,15H2,1H3. The molecule has 1 aromatic heterocycles. The van der Waals surface area contributed by atoms with E-state index in [2.05, 4.69) is 6.92 Å². The highest BCUT2D eigenvalue weighted by Crippen LogP contribution is 2.28. The number of rotatable bonds is 9. The first kappa shape index (κ1) is 15.0. The summed E-state index contributed by atoms with van der Waals surface area (Å²) in [6.45, 7) is 3.54. The lowest BCUT2D eigenvalue weighted by Crippen LogP contribution is -2.15. The van der Waals surface area contributed by atoms with E-state index in [-0.39, 0.29) is 6.10 Å². The van der Waals surface area contributed by atoms with Gasteiger partial charge in [0.15, 0.2) is 0 Å². The third-order valence-corrected chi connectivity index (χ3v) is 4.02. The Kier molecular flexibility index (Phi) is 7.86. The summed E-state index contributed by atoms with van der Waals surface area (Å²) in [6, 6.07) is 3.90. The Labute approximate surface area is 113 Å². The summed E-state index contributed by atoms with van der Waals surface area (Å²) in [7, 11) is 0. The minimum atomic E-state index is 0.0127. The molecule has 0 saturated carbocycles. The minimum absolute atomic E-state index is 0.0127. The first-order valence-corrected chi connectivity index (χ1v) is 7.54. The lowest BCUT2D eigenvalue weighted by atomic mass is 10.2. The molecule has 0 aliphatic heterocycles. The third kappa shape index (κ3) is 5.87. The summed E-state index contributed by atoms with van der Waals surface area (Å²) in [5, 5.41) is 0. The molecule has 1 heterocycles. The summed E-state index contributed by atoms with van der Waals surface area (Å²) >= 11 is 7.45. The van der Waals surface area contributed by atoms with Crippen molar-refractivity contribution >= 4 is 22.9 Å². The molecule has 0 amide bonds. The number of nitrogens with two attached hydrogens (primary N) is 1. The summed E-state index contributed by atoms with van der Waals surface area (Å²) < 4.78 is 6.59. The van der Waals surface area contributed by atoms with Crippen LogP contribution in [-0.4, -0.2) is 13.2 Å². The maximum absolute atomic E-state index is 5.90. The molecule has 2 N–H and O–H groups in total. The van der Waals surface area contributed by atoms with Gasteiger partial charge < -0.3 is 10.5 Å². The lowest BCUT2D eigenvalue weighted by molar-refractivity contribution is 0.0581. The van der Waals surface area contributed by atoms with E-state index in [4.69, 9.17) is 22.1 Å². The Morgan fingerprint density at radius 1 is 1.29 bits per heavy atom. The predicted molar refractivity (Wildman–Crippen MR) is 75.8 cm³/mol. The molecule has 1 rings (SSSR count). The molecule has 0 aliphatic rings. The highest BCUT2D eigenvalue weighted by Gasteiger charge is 2.12. The summed E-state index contributed by atoms with van der Waals surface area (Å²) in [5.41, 5.74) is 5.72. The second kappa shape index (κ2) is 8.92. The quantitative estimate of drug-likeness (QED) is 0.679. The van der Waals surface area contributed by atoms with E-state index in [1.165, 1.54) is 25.7 Å². The van der Waals surface area contributed by atoms with Crippen LogP contribution < -0.4 is 5.73 Å². The largest absolute Gasteiger partial charge is 0.371 e. The Morgan fingerprint density at radius 2 is 2.06 bits per heavy atom. The van der Waals surface area contributed by atoms with Gasteiger partial charge in [-0.2, -0.15) is 0 Å². The van der Waals surface area contributed by atoms with Crippen LogP contribution in [0.4, 0.5) is 0 Å². The smallest absolute Gasteiger partial charge is 0.104 e. The van der Waals surface area contributed by atoms with Crippen molar-refractivity contribution in [2.24, 2.45) is 5.73 Å². The van der Waals surface area contributed by atoms with Crippen LogP contribution in [0.3, 0.4) is 0 Å². The van der Waals surface area contributed by atoms with Crippen molar-refractivity contribution < 1.29 is 4.74 Å². The average molecular weight is 276 g/mol. The van der Waals surface area contributed by atoms with Crippen LogP contribution in [-0.2, 0) is 4.74 Å². The molecule has 98 valence electrons. The van der Waals surface area contributed by atoms with Gasteiger partial charge in [0.25, 0.3) is 0 Å². The number of ether oxygens (including phenoxy) is 1. The molecular weight excluding hydrogens is 254 g/mol. The topological polar surface area (TPSA) is 35.2 Å². The lowest BCUT2D eigenvalue weighted by Gasteiger charge is -2.14. The molecule has 0 aliphatic carbocycles. The Hall–Kier alpha value is -0.0900. The molecule has 2 nitrogen and oxygen atoms in total. The van der Waals surface area contributed by atoms with E-state index < -0.39 is 0 Å². The zero-order chi connectivity index (χ0) is 12.5. The van der Waals surface area contributed by atoms with E-state index in [1.54, 1.807) is 11.3 Å². The highest BCUT2D eigenvalue weighted by atomic mass is 35.5. The molecule has 0 fully saturated rings. The fourth-order valence-electron chi connectivity index (χ4n) is 1.70. The summed E-state index contributed by atoms with van der Waals surface area (Å²) in [6.07, 6.45) is 6.28. The number of unbranched alkanes of at least 4 members (excludes halogenated alkanes) is 4. The van der Waals surface area contributed by atoms with Gasteiger partial charge in [-0.3, -0.25) is 0 Å². The van der Waals surface area contributed by atoms with E-state index in [9.17, 15) is 0 Å². The van der Waals surface area contributed by atoms with Crippen molar-refractivity contribution in [1.82, 2.24) is 0 Å². The van der Waals surface area contributed by atoms with Crippen LogP contribution >= 0.6 is 22.9 Å². The van der Waals surface area contributed by atoms with Crippen LogP contribution in [0.5, 0.6) is 0 Å². The van der Waals surface area contributed by atoms with Crippen molar-refractivity contribution in [2.75, 3.05) is 13.2 Å². The van der Waals surface area contributed by atoms with Crippen LogP contribution in [0.25, 0.3) is 0 Å². The fourth-order valence-corrected chi connectivity index (χ4v) is 2.82. The van der Waals surface area contributed by atoms with Crippen molar-refractivity contribution in [2.45, 2.75) is 45.1 Å². The molecule has 1 unspecified atom stereocenters. The highest BCUT2D eigenvalue weighted by molar-refractivity contribution is 7.16. The van der Waals surface area contributed by atoms with Crippen LogP contribution in [0.2, 0.25) is 4.34 Å². The summed E-state index contributed by atoms with van der Waals surface area (Å²) in [5.74, 6) is 0. The van der Waals surface area contributed by atoms with Gasteiger partial charge in [0.2, 0.25) is 0 Å². The Bertz CT molecular complexity index is 303. The number of thiophene rings is 1. The molecule has 4 heteroatoms. The van der Waals surface area contributed by atoms with Crippen molar-refractivity contribution in [3.8, 4) is 0 Å². The van der Waals surface area contributed by atoms with Gasteiger partial charge in [0.1, 0.15) is 6.10 Å². The summed E-state index contributed by atoms with van der Waals surface area (Å²) in [4.78, 5) is 1.13. The second-order valence-electron chi connectivity index (χ2n) is 4.15. The van der Waals surface area contributed by atoms with E-state index in [0.717, 1.165) is 22.2 Å². The molecule has 0 aromatic carbocycles. The van der Waals surface area contributed by atoms with Gasteiger partial charge in [-0.15, -0.1) is 11.3 Å². The van der Waals surface area contributed by atoms with Gasteiger partial charge in [0.05, 0.1) is 4.34 Å². The molecule has 0 radical (unpaired) electrons. The average Bonchev–Trinajstić information content (AvgIpc) is 2.75. The molecule has 0 spiro atoms. The van der Waals surface area contributed by atoms with Crippen molar-refractivity contribution in [3.63, 3.8) is 0 Å². The number of hydrogen-bond acceptors (Lipinski definition) is 3. The van der Waals surface area contributed by atoms with Gasteiger partial charge in [0, 0.05) is 18.0 Å².